The molecule has 2 fully saturated rings. The van der Waals surface area contributed by atoms with Crippen LogP contribution in [-0.4, -0.2) is 11.6 Å². The third-order valence-electron chi connectivity index (χ3n) is 5.15. The topological polar surface area (TPSA) is 34.1 Å². The summed E-state index contributed by atoms with van der Waals surface area (Å²) >= 11 is 6.19. The lowest BCUT2D eigenvalue weighted by atomic mass is 9.81. The molecular weight excluding hydrogens is 272 g/mol. The average Bonchev–Trinajstić information content (AvgIpc) is 3.00. The molecule has 0 unspecified atom stereocenters. The van der Waals surface area contributed by atoms with Gasteiger partial charge in [-0.25, -0.2) is 0 Å². The molecule has 0 saturated heterocycles. The molecular formula is C17H19ClO2. The van der Waals surface area contributed by atoms with Crippen LogP contribution >= 0.6 is 11.6 Å². The van der Waals surface area contributed by atoms with E-state index in [9.17, 15) is 9.59 Å². The lowest BCUT2D eigenvalue weighted by Crippen LogP contribution is -2.31. The Kier molecular flexibility index (Phi) is 3.45. The average molecular weight is 291 g/mol. The number of Topliss-reactive ketones (excluding diaryl/α,β-unsaturated/α-hetero) is 2. The van der Waals surface area contributed by atoms with Crippen molar-refractivity contribution in [3.05, 3.63) is 34.9 Å². The summed E-state index contributed by atoms with van der Waals surface area (Å²) < 4.78 is 0. The molecule has 0 aliphatic heterocycles. The van der Waals surface area contributed by atoms with Crippen LogP contribution in [0.25, 0.3) is 0 Å². The molecule has 1 aromatic carbocycles. The second-order valence-electron chi connectivity index (χ2n) is 6.21. The van der Waals surface area contributed by atoms with E-state index in [1.54, 1.807) is 0 Å². The van der Waals surface area contributed by atoms with E-state index in [2.05, 4.69) is 0 Å². The Hall–Kier alpha value is -1.15. The van der Waals surface area contributed by atoms with E-state index >= 15 is 0 Å². The Bertz CT molecular complexity index is 558. The van der Waals surface area contributed by atoms with Crippen molar-refractivity contribution in [1.29, 1.82) is 0 Å². The first-order chi connectivity index (χ1) is 9.56. The van der Waals surface area contributed by atoms with Crippen molar-refractivity contribution in [2.45, 2.75) is 39.0 Å². The molecule has 1 spiro atoms. The molecule has 0 bridgehead atoms. The molecule has 106 valence electrons. The molecule has 2 aliphatic carbocycles. The van der Waals surface area contributed by atoms with Crippen LogP contribution in [0.15, 0.2) is 24.3 Å². The smallest absolute Gasteiger partial charge is 0.150 e. The summed E-state index contributed by atoms with van der Waals surface area (Å²) in [5.41, 5.74) is 0.327. The van der Waals surface area contributed by atoms with Crippen molar-refractivity contribution in [3.63, 3.8) is 0 Å². The third kappa shape index (κ3) is 1.93. The Morgan fingerprint density at radius 2 is 1.80 bits per heavy atom. The minimum absolute atomic E-state index is 0.170. The highest BCUT2D eigenvalue weighted by molar-refractivity contribution is 6.31. The summed E-state index contributed by atoms with van der Waals surface area (Å²) in [6.07, 6.45) is 4.11. The van der Waals surface area contributed by atoms with Gasteiger partial charge in [0.1, 0.15) is 5.78 Å². The SMILES string of the molecule is C[C@@H]1C(=O)C2(CCCC2)C(=O)[C@@H]1Cc1ccccc1Cl. The van der Waals surface area contributed by atoms with Gasteiger partial charge >= 0.3 is 0 Å². The van der Waals surface area contributed by atoms with E-state index in [0.717, 1.165) is 31.2 Å². The van der Waals surface area contributed by atoms with Gasteiger partial charge in [-0.2, -0.15) is 0 Å². The summed E-state index contributed by atoms with van der Waals surface area (Å²) in [5, 5.41) is 0.687. The first kappa shape index (κ1) is 13.8. The maximum atomic E-state index is 12.8. The quantitative estimate of drug-likeness (QED) is 0.775. The first-order valence-electron chi connectivity index (χ1n) is 7.38. The predicted octanol–water partition coefficient (Wildman–Crippen LogP) is 3.85. The molecule has 2 atom stereocenters. The number of hydrogen-bond donors (Lipinski definition) is 0. The van der Waals surface area contributed by atoms with E-state index in [-0.39, 0.29) is 23.4 Å². The van der Waals surface area contributed by atoms with Crippen LogP contribution < -0.4 is 0 Å². The van der Waals surface area contributed by atoms with Crippen LogP contribution in [0, 0.1) is 17.3 Å². The highest BCUT2D eigenvalue weighted by Gasteiger charge is 2.58. The fraction of sp³-hybridized carbons (Fsp3) is 0.529. The number of ketones is 2. The first-order valence-corrected chi connectivity index (χ1v) is 7.76. The highest BCUT2D eigenvalue weighted by atomic mass is 35.5. The highest BCUT2D eigenvalue weighted by Crippen LogP contribution is 2.50. The summed E-state index contributed by atoms with van der Waals surface area (Å²) in [6.45, 7) is 1.91. The van der Waals surface area contributed by atoms with Crippen LogP contribution in [0.5, 0.6) is 0 Å². The number of carbonyl (C=O) groups excluding carboxylic acids is 2. The van der Waals surface area contributed by atoms with Crippen LogP contribution in [0.1, 0.15) is 38.2 Å². The standard InChI is InChI=1S/C17H19ClO2/c1-11-13(10-12-6-2-3-7-14(12)18)16(20)17(15(11)19)8-4-5-9-17/h2-3,6-7,11,13H,4-5,8-10H2,1H3/t11-,13+/m0/s1. The molecule has 1 aromatic rings. The van der Waals surface area contributed by atoms with Crippen LogP contribution in [0.4, 0.5) is 0 Å². The molecule has 0 heterocycles. The Morgan fingerprint density at radius 1 is 1.15 bits per heavy atom. The van der Waals surface area contributed by atoms with Gasteiger partial charge in [0.15, 0.2) is 5.78 Å². The number of carbonyl (C=O) groups is 2. The minimum atomic E-state index is -0.647. The summed E-state index contributed by atoms with van der Waals surface area (Å²) in [6, 6.07) is 7.61. The molecule has 0 N–H and O–H groups in total. The lowest BCUT2D eigenvalue weighted by molar-refractivity contribution is -0.135. The molecule has 2 saturated carbocycles. The van der Waals surface area contributed by atoms with Gasteiger partial charge in [-0.1, -0.05) is 49.6 Å². The van der Waals surface area contributed by atoms with E-state index in [1.807, 2.05) is 31.2 Å². The lowest BCUT2D eigenvalue weighted by Gasteiger charge is -2.19. The van der Waals surface area contributed by atoms with Crippen molar-refractivity contribution in [2.24, 2.45) is 17.3 Å². The summed E-state index contributed by atoms with van der Waals surface area (Å²) in [4.78, 5) is 25.4. The molecule has 3 heteroatoms. The van der Waals surface area contributed by atoms with Crippen molar-refractivity contribution in [2.75, 3.05) is 0 Å². The molecule has 2 aliphatic rings. The molecule has 2 nitrogen and oxygen atoms in total. The number of hydrogen-bond acceptors (Lipinski definition) is 2. The molecule has 0 amide bonds. The van der Waals surface area contributed by atoms with Crippen molar-refractivity contribution in [3.8, 4) is 0 Å². The van der Waals surface area contributed by atoms with Gasteiger partial charge in [-0.05, 0) is 30.9 Å². The second kappa shape index (κ2) is 5.00. The fourth-order valence-electron chi connectivity index (χ4n) is 3.96. The Morgan fingerprint density at radius 3 is 2.45 bits per heavy atom. The zero-order valence-corrected chi connectivity index (χ0v) is 12.5. The van der Waals surface area contributed by atoms with Crippen LogP contribution in [0.3, 0.4) is 0 Å². The van der Waals surface area contributed by atoms with Gasteiger partial charge in [0.25, 0.3) is 0 Å². The van der Waals surface area contributed by atoms with Gasteiger partial charge < -0.3 is 0 Å². The molecule has 0 radical (unpaired) electrons. The van der Waals surface area contributed by atoms with Gasteiger partial charge in [0, 0.05) is 16.9 Å². The van der Waals surface area contributed by atoms with Crippen LogP contribution in [0.2, 0.25) is 5.02 Å². The molecule has 3 rings (SSSR count). The minimum Gasteiger partial charge on any atom is -0.298 e. The van der Waals surface area contributed by atoms with E-state index in [0.29, 0.717) is 11.4 Å². The number of rotatable bonds is 2. The Labute approximate surface area is 124 Å². The number of halogens is 1. The largest absolute Gasteiger partial charge is 0.298 e. The summed E-state index contributed by atoms with van der Waals surface area (Å²) in [5.74, 6) is -0.0122. The predicted molar refractivity (Wildman–Crippen MR) is 78.7 cm³/mol. The molecule has 0 aromatic heterocycles. The van der Waals surface area contributed by atoms with E-state index in [4.69, 9.17) is 11.6 Å². The van der Waals surface area contributed by atoms with E-state index < -0.39 is 5.41 Å². The fourth-order valence-corrected chi connectivity index (χ4v) is 4.18. The van der Waals surface area contributed by atoms with Crippen LogP contribution in [-0.2, 0) is 16.0 Å². The van der Waals surface area contributed by atoms with Crippen molar-refractivity contribution in [1.82, 2.24) is 0 Å². The third-order valence-corrected chi connectivity index (χ3v) is 5.52. The maximum Gasteiger partial charge on any atom is 0.150 e. The van der Waals surface area contributed by atoms with E-state index in [1.165, 1.54) is 0 Å². The van der Waals surface area contributed by atoms with Gasteiger partial charge in [0.05, 0.1) is 5.41 Å². The van der Waals surface area contributed by atoms with Gasteiger partial charge in [-0.3, -0.25) is 9.59 Å². The van der Waals surface area contributed by atoms with Crippen molar-refractivity contribution >= 4 is 23.2 Å². The second-order valence-corrected chi connectivity index (χ2v) is 6.62. The molecule has 20 heavy (non-hydrogen) atoms. The monoisotopic (exact) mass is 290 g/mol. The maximum absolute atomic E-state index is 12.8. The summed E-state index contributed by atoms with van der Waals surface area (Å²) in [7, 11) is 0. The zero-order valence-electron chi connectivity index (χ0n) is 11.7. The van der Waals surface area contributed by atoms with Gasteiger partial charge in [0.2, 0.25) is 0 Å². The zero-order chi connectivity index (χ0) is 14.3. The number of benzene rings is 1. The normalized spacial score (nSPS) is 28.5. The Balaban J connectivity index is 1.89. The van der Waals surface area contributed by atoms with Crippen molar-refractivity contribution < 1.29 is 9.59 Å². The van der Waals surface area contributed by atoms with Gasteiger partial charge in [-0.15, -0.1) is 0 Å².